The van der Waals surface area contributed by atoms with E-state index < -0.39 is 17.7 Å². The molecule has 2 saturated heterocycles. The predicted octanol–water partition coefficient (Wildman–Crippen LogP) is 3.62. The van der Waals surface area contributed by atoms with E-state index in [2.05, 4.69) is 4.90 Å². The molecule has 34 heavy (non-hydrogen) atoms. The highest BCUT2D eigenvalue weighted by molar-refractivity contribution is 6.46. The summed E-state index contributed by atoms with van der Waals surface area (Å²) in [4.78, 5) is 30.1. The molecule has 0 saturated carbocycles. The molecule has 0 aromatic heterocycles. The molecule has 0 spiro atoms. The summed E-state index contributed by atoms with van der Waals surface area (Å²) in [5, 5.41) is 11.2. The number of rotatable bonds is 8. The lowest BCUT2D eigenvalue weighted by Crippen LogP contribution is -2.38. The molecule has 7 heteroatoms. The van der Waals surface area contributed by atoms with Gasteiger partial charge in [0.2, 0.25) is 0 Å². The minimum absolute atomic E-state index is 0.0281. The summed E-state index contributed by atoms with van der Waals surface area (Å²) in [5.74, 6) is -0.717. The molecule has 2 aliphatic heterocycles. The summed E-state index contributed by atoms with van der Waals surface area (Å²) in [5.41, 5.74) is 1.40. The standard InChI is InChI=1S/C27H32N2O5/c1-19(2)34-22-11-9-21(10-12-22)25(30)23-24(20-7-4-3-5-8-20)29(27(32)26(23)31)14-6-13-28-15-17-33-18-16-28/h3-5,7-12,19,24,30H,6,13-18H2,1-2H3/b25-23+. The van der Waals surface area contributed by atoms with Crippen LogP contribution in [-0.2, 0) is 14.3 Å². The number of nitrogens with zero attached hydrogens (tertiary/aromatic N) is 2. The zero-order valence-corrected chi connectivity index (χ0v) is 19.8. The van der Waals surface area contributed by atoms with Crippen LogP contribution in [0.25, 0.3) is 5.76 Å². The van der Waals surface area contributed by atoms with E-state index in [1.165, 1.54) is 0 Å². The molecule has 1 unspecified atom stereocenters. The van der Waals surface area contributed by atoms with Crippen molar-refractivity contribution in [2.75, 3.05) is 39.4 Å². The summed E-state index contributed by atoms with van der Waals surface area (Å²) < 4.78 is 11.1. The van der Waals surface area contributed by atoms with Crippen molar-refractivity contribution in [3.05, 3.63) is 71.3 Å². The molecule has 2 aromatic carbocycles. The monoisotopic (exact) mass is 464 g/mol. The van der Waals surface area contributed by atoms with Crippen molar-refractivity contribution in [3.63, 3.8) is 0 Å². The number of aliphatic hydroxyl groups excluding tert-OH is 1. The Morgan fingerprint density at radius 2 is 1.71 bits per heavy atom. The first-order valence-electron chi connectivity index (χ1n) is 11.9. The van der Waals surface area contributed by atoms with Crippen LogP contribution in [0.5, 0.6) is 5.75 Å². The smallest absolute Gasteiger partial charge is 0.295 e. The van der Waals surface area contributed by atoms with Gasteiger partial charge >= 0.3 is 0 Å². The van der Waals surface area contributed by atoms with Crippen LogP contribution < -0.4 is 4.74 Å². The van der Waals surface area contributed by atoms with Crippen molar-refractivity contribution in [2.24, 2.45) is 0 Å². The molecule has 0 aliphatic carbocycles. The summed E-state index contributed by atoms with van der Waals surface area (Å²) in [6.45, 7) is 8.31. The number of carbonyl (C=O) groups excluding carboxylic acids is 2. The number of likely N-dealkylation sites (tertiary alicyclic amines) is 1. The number of amides is 1. The fraction of sp³-hybridized carbons (Fsp3) is 0.407. The molecule has 2 aromatic rings. The number of ether oxygens (including phenoxy) is 2. The number of carbonyl (C=O) groups is 2. The van der Waals surface area contributed by atoms with Gasteiger partial charge in [-0.3, -0.25) is 14.5 Å². The van der Waals surface area contributed by atoms with Crippen LogP contribution in [0.1, 0.15) is 37.4 Å². The summed E-state index contributed by atoms with van der Waals surface area (Å²) in [7, 11) is 0. The third kappa shape index (κ3) is 5.32. The Kier molecular flexibility index (Phi) is 7.65. The van der Waals surface area contributed by atoms with Crippen LogP contribution in [0.2, 0.25) is 0 Å². The number of Topliss-reactive ketones (excluding diaryl/α,β-unsaturated/α-hetero) is 1. The van der Waals surface area contributed by atoms with Gasteiger partial charge in [0.05, 0.1) is 30.9 Å². The topological polar surface area (TPSA) is 79.3 Å². The van der Waals surface area contributed by atoms with Crippen LogP contribution >= 0.6 is 0 Å². The highest BCUT2D eigenvalue weighted by Gasteiger charge is 2.45. The Morgan fingerprint density at radius 3 is 2.35 bits per heavy atom. The third-order valence-electron chi connectivity index (χ3n) is 6.13. The fourth-order valence-electron chi connectivity index (χ4n) is 4.50. The van der Waals surface area contributed by atoms with E-state index in [4.69, 9.17) is 9.47 Å². The Hall–Kier alpha value is -3.16. The van der Waals surface area contributed by atoms with Crippen LogP contribution in [-0.4, -0.2) is 72.1 Å². The fourth-order valence-corrected chi connectivity index (χ4v) is 4.50. The van der Waals surface area contributed by atoms with E-state index in [9.17, 15) is 14.7 Å². The van der Waals surface area contributed by atoms with Gasteiger partial charge in [-0.05, 0) is 50.1 Å². The molecule has 0 radical (unpaired) electrons. The van der Waals surface area contributed by atoms with E-state index in [0.717, 1.165) is 44.8 Å². The number of ketones is 1. The van der Waals surface area contributed by atoms with Crippen LogP contribution in [0.3, 0.4) is 0 Å². The van der Waals surface area contributed by atoms with Crippen molar-refractivity contribution < 1.29 is 24.2 Å². The highest BCUT2D eigenvalue weighted by Crippen LogP contribution is 2.39. The van der Waals surface area contributed by atoms with E-state index in [1.54, 1.807) is 29.2 Å². The molecule has 2 fully saturated rings. The van der Waals surface area contributed by atoms with E-state index in [1.807, 2.05) is 44.2 Å². The third-order valence-corrected chi connectivity index (χ3v) is 6.13. The average molecular weight is 465 g/mol. The van der Waals surface area contributed by atoms with Crippen molar-refractivity contribution in [1.82, 2.24) is 9.80 Å². The molecule has 1 N–H and O–H groups in total. The number of hydrogen-bond donors (Lipinski definition) is 1. The van der Waals surface area contributed by atoms with Gasteiger partial charge in [0.1, 0.15) is 11.5 Å². The molecule has 1 amide bonds. The van der Waals surface area contributed by atoms with Crippen molar-refractivity contribution in [2.45, 2.75) is 32.4 Å². The van der Waals surface area contributed by atoms with Gasteiger partial charge < -0.3 is 19.5 Å². The average Bonchev–Trinajstić information content (AvgIpc) is 3.10. The number of aliphatic hydroxyl groups is 1. The van der Waals surface area contributed by atoms with Gasteiger partial charge in [-0.15, -0.1) is 0 Å². The van der Waals surface area contributed by atoms with Gasteiger partial charge in [0.25, 0.3) is 11.7 Å². The number of benzene rings is 2. The maximum Gasteiger partial charge on any atom is 0.295 e. The second kappa shape index (κ2) is 10.8. The molecule has 1 atom stereocenters. The molecule has 7 nitrogen and oxygen atoms in total. The quantitative estimate of drug-likeness (QED) is 0.365. The summed E-state index contributed by atoms with van der Waals surface area (Å²) in [6, 6.07) is 15.7. The van der Waals surface area contributed by atoms with E-state index in [0.29, 0.717) is 17.9 Å². The zero-order valence-electron chi connectivity index (χ0n) is 19.8. The van der Waals surface area contributed by atoms with Crippen LogP contribution in [0, 0.1) is 0 Å². The summed E-state index contributed by atoms with van der Waals surface area (Å²) in [6.07, 6.45) is 0.762. The Balaban J connectivity index is 1.62. The van der Waals surface area contributed by atoms with Crippen molar-refractivity contribution >= 4 is 17.4 Å². The molecule has 2 aliphatic rings. The first-order valence-corrected chi connectivity index (χ1v) is 11.9. The van der Waals surface area contributed by atoms with Crippen molar-refractivity contribution in [1.29, 1.82) is 0 Å². The van der Waals surface area contributed by atoms with Gasteiger partial charge in [0, 0.05) is 31.7 Å². The van der Waals surface area contributed by atoms with Crippen LogP contribution in [0.15, 0.2) is 60.2 Å². The van der Waals surface area contributed by atoms with Gasteiger partial charge in [-0.25, -0.2) is 0 Å². The Morgan fingerprint density at radius 1 is 1.03 bits per heavy atom. The zero-order chi connectivity index (χ0) is 24.1. The summed E-state index contributed by atoms with van der Waals surface area (Å²) >= 11 is 0. The molecular weight excluding hydrogens is 432 g/mol. The van der Waals surface area contributed by atoms with Gasteiger partial charge in [-0.2, -0.15) is 0 Å². The number of morpholine rings is 1. The second-order valence-corrected chi connectivity index (χ2v) is 8.90. The van der Waals surface area contributed by atoms with Crippen molar-refractivity contribution in [3.8, 4) is 5.75 Å². The first kappa shape index (κ1) is 24.0. The maximum atomic E-state index is 13.1. The van der Waals surface area contributed by atoms with Gasteiger partial charge in [-0.1, -0.05) is 30.3 Å². The largest absolute Gasteiger partial charge is 0.507 e. The molecule has 0 bridgehead atoms. The Labute approximate surface area is 200 Å². The minimum Gasteiger partial charge on any atom is -0.507 e. The van der Waals surface area contributed by atoms with Crippen LogP contribution in [0.4, 0.5) is 0 Å². The maximum absolute atomic E-state index is 13.1. The highest BCUT2D eigenvalue weighted by atomic mass is 16.5. The molecule has 4 rings (SSSR count). The normalized spacial score (nSPS) is 20.8. The SMILES string of the molecule is CC(C)Oc1ccc(/C(O)=C2\C(=O)C(=O)N(CCCN3CCOCC3)C2c2ccccc2)cc1. The first-order chi connectivity index (χ1) is 16.5. The van der Waals surface area contributed by atoms with E-state index >= 15 is 0 Å². The second-order valence-electron chi connectivity index (χ2n) is 8.90. The lowest BCUT2D eigenvalue weighted by Gasteiger charge is -2.29. The molecule has 180 valence electrons. The Bertz CT molecular complexity index is 1030. The van der Waals surface area contributed by atoms with E-state index in [-0.39, 0.29) is 17.4 Å². The van der Waals surface area contributed by atoms with Gasteiger partial charge in [0.15, 0.2) is 0 Å². The minimum atomic E-state index is -0.653. The predicted molar refractivity (Wildman–Crippen MR) is 130 cm³/mol. The molecule has 2 heterocycles. The molecular formula is C27H32N2O5. The number of hydrogen-bond acceptors (Lipinski definition) is 6. The lowest BCUT2D eigenvalue weighted by molar-refractivity contribution is -0.140. The lowest BCUT2D eigenvalue weighted by atomic mass is 9.95.